The van der Waals surface area contributed by atoms with Gasteiger partial charge in [-0.3, -0.25) is 14.9 Å². The Morgan fingerprint density at radius 2 is 1.37 bits per heavy atom. The van der Waals surface area contributed by atoms with E-state index in [9.17, 15) is 14.9 Å². The van der Waals surface area contributed by atoms with Crippen molar-refractivity contribution >= 4 is 11.5 Å². The molecule has 0 bridgehead atoms. The molecule has 0 heterocycles. The quantitative estimate of drug-likeness (QED) is 0.364. The monoisotopic (exact) mass is 253 g/mol. The minimum atomic E-state index is -0.545. The topological polar surface area (TPSA) is 60.2 Å². The van der Waals surface area contributed by atoms with Crippen molar-refractivity contribution < 1.29 is 9.72 Å². The normalized spacial score (nSPS) is 11.1. The first-order valence-electron chi connectivity index (χ1n) is 5.69. The lowest BCUT2D eigenvalue weighted by Gasteiger charge is -1.99. The molecule has 0 N–H and O–H groups in total. The molecule has 0 radical (unpaired) electrons. The van der Waals surface area contributed by atoms with E-state index in [-0.39, 0.29) is 11.5 Å². The first-order valence-corrected chi connectivity index (χ1v) is 5.69. The predicted octanol–water partition coefficient (Wildman–Crippen LogP) is 3.19. The third-order valence-electron chi connectivity index (χ3n) is 2.59. The first kappa shape index (κ1) is 12.7. The van der Waals surface area contributed by atoms with Gasteiger partial charge < -0.3 is 0 Å². The molecule has 0 fully saturated rings. The minimum Gasteiger partial charge on any atom is -0.289 e. The first-order chi connectivity index (χ1) is 9.18. The Kier molecular flexibility index (Phi) is 3.83. The van der Waals surface area contributed by atoms with Crippen molar-refractivity contribution in [1.82, 2.24) is 0 Å². The van der Waals surface area contributed by atoms with E-state index in [1.165, 1.54) is 0 Å². The number of hydrogen-bond donors (Lipinski definition) is 0. The fourth-order valence-corrected chi connectivity index (χ4v) is 1.66. The van der Waals surface area contributed by atoms with Crippen LogP contribution in [-0.2, 0) is 0 Å². The average Bonchev–Trinajstić information content (AvgIpc) is 2.46. The Morgan fingerprint density at radius 3 is 1.84 bits per heavy atom. The summed E-state index contributed by atoms with van der Waals surface area (Å²) in [7, 11) is 0. The highest BCUT2D eigenvalue weighted by Gasteiger charge is 2.16. The Hall–Kier alpha value is -2.75. The van der Waals surface area contributed by atoms with Gasteiger partial charge in [-0.1, -0.05) is 48.5 Å². The summed E-state index contributed by atoms with van der Waals surface area (Å²) in [6.45, 7) is 0. The highest BCUT2D eigenvalue weighted by Crippen LogP contribution is 2.16. The molecule has 4 nitrogen and oxygen atoms in total. The number of rotatable bonds is 4. The summed E-state index contributed by atoms with van der Waals surface area (Å²) in [5.74, 6) is -0.379. The van der Waals surface area contributed by atoms with E-state index in [1.807, 2.05) is 0 Å². The van der Waals surface area contributed by atoms with Gasteiger partial charge >= 0.3 is 0 Å². The van der Waals surface area contributed by atoms with Crippen LogP contribution in [0.4, 0.5) is 0 Å². The molecule has 19 heavy (non-hydrogen) atoms. The molecule has 0 amide bonds. The zero-order valence-electron chi connectivity index (χ0n) is 10.0. The molecule has 0 saturated carbocycles. The Morgan fingerprint density at radius 1 is 0.895 bits per heavy atom. The van der Waals surface area contributed by atoms with Gasteiger partial charge in [0.1, 0.15) is 0 Å². The number of allylic oxidation sites excluding steroid dienone is 1. The van der Waals surface area contributed by atoms with Crippen molar-refractivity contribution in [2.75, 3.05) is 0 Å². The molecule has 94 valence electrons. The van der Waals surface area contributed by atoms with Crippen molar-refractivity contribution in [3.8, 4) is 0 Å². The summed E-state index contributed by atoms with van der Waals surface area (Å²) in [5, 5.41) is 11.1. The number of nitrogens with zero attached hydrogens (tertiary/aromatic N) is 1. The lowest BCUT2D eigenvalue weighted by Crippen LogP contribution is -2.02. The molecule has 2 aromatic rings. The maximum absolute atomic E-state index is 12.0. The SMILES string of the molecule is O=C(C=C(c1ccccc1)[N+](=O)[O-])c1ccccc1. The Bertz CT molecular complexity index is 618. The molecule has 0 unspecified atom stereocenters. The van der Waals surface area contributed by atoms with Gasteiger partial charge in [-0.15, -0.1) is 0 Å². The number of carbonyl (C=O) groups is 1. The zero-order valence-corrected chi connectivity index (χ0v) is 10.0. The van der Waals surface area contributed by atoms with Crippen LogP contribution in [0.1, 0.15) is 15.9 Å². The second kappa shape index (κ2) is 5.73. The fraction of sp³-hybridized carbons (Fsp3) is 0. The summed E-state index contributed by atoms with van der Waals surface area (Å²) >= 11 is 0. The molecule has 0 saturated heterocycles. The third-order valence-corrected chi connectivity index (χ3v) is 2.59. The highest BCUT2D eigenvalue weighted by atomic mass is 16.6. The van der Waals surface area contributed by atoms with E-state index in [2.05, 4.69) is 0 Å². The molecule has 0 aliphatic rings. The summed E-state index contributed by atoms with van der Waals surface area (Å²) in [6, 6.07) is 16.8. The summed E-state index contributed by atoms with van der Waals surface area (Å²) in [4.78, 5) is 22.5. The molecule has 4 heteroatoms. The van der Waals surface area contributed by atoms with Crippen LogP contribution in [0.2, 0.25) is 0 Å². The van der Waals surface area contributed by atoms with Crippen LogP contribution >= 0.6 is 0 Å². The van der Waals surface area contributed by atoms with Crippen LogP contribution in [0.3, 0.4) is 0 Å². The van der Waals surface area contributed by atoms with Crippen LogP contribution in [0.15, 0.2) is 66.7 Å². The van der Waals surface area contributed by atoms with Crippen LogP contribution in [-0.4, -0.2) is 10.7 Å². The summed E-state index contributed by atoms with van der Waals surface area (Å²) in [5.41, 5.74) is 0.643. The maximum Gasteiger partial charge on any atom is 0.280 e. The molecule has 0 aliphatic carbocycles. The molecule has 2 aromatic carbocycles. The molecule has 0 aliphatic heterocycles. The lowest BCUT2D eigenvalue weighted by molar-refractivity contribution is -0.375. The number of carbonyl (C=O) groups excluding carboxylic acids is 1. The van der Waals surface area contributed by atoms with Gasteiger partial charge in [-0.05, 0) is 12.1 Å². The van der Waals surface area contributed by atoms with E-state index in [1.54, 1.807) is 60.7 Å². The summed E-state index contributed by atoms with van der Waals surface area (Å²) < 4.78 is 0. The number of nitro groups is 1. The van der Waals surface area contributed by atoms with Gasteiger partial charge in [0, 0.05) is 5.56 Å². The van der Waals surface area contributed by atoms with Gasteiger partial charge in [-0.25, -0.2) is 0 Å². The highest BCUT2D eigenvalue weighted by molar-refractivity contribution is 6.07. The Labute approximate surface area is 110 Å². The molecule has 0 aromatic heterocycles. The smallest absolute Gasteiger partial charge is 0.280 e. The number of benzene rings is 2. The number of ketones is 1. The van der Waals surface area contributed by atoms with E-state index in [4.69, 9.17) is 0 Å². The van der Waals surface area contributed by atoms with Gasteiger partial charge in [-0.2, -0.15) is 0 Å². The molecule has 0 atom stereocenters. The van der Waals surface area contributed by atoms with E-state index in [0.29, 0.717) is 11.1 Å². The second-order valence-corrected chi connectivity index (χ2v) is 3.88. The van der Waals surface area contributed by atoms with Crippen molar-refractivity contribution in [1.29, 1.82) is 0 Å². The van der Waals surface area contributed by atoms with Crippen molar-refractivity contribution in [2.45, 2.75) is 0 Å². The number of hydrogen-bond acceptors (Lipinski definition) is 3. The minimum absolute atomic E-state index is 0.200. The van der Waals surface area contributed by atoms with Gasteiger partial charge in [0.25, 0.3) is 5.70 Å². The third kappa shape index (κ3) is 3.13. The van der Waals surface area contributed by atoms with Crippen molar-refractivity contribution in [2.24, 2.45) is 0 Å². The van der Waals surface area contributed by atoms with Gasteiger partial charge in [0.2, 0.25) is 0 Å². The fourth-order valence-electron chi connectivity index (χ4n) is 1.66. The lowest BCUT2D eigenvalue weighted by atomic mass is 10.1. The molecular formula is C15H11NO3. The van der Waals surface area contributed by atoms with Crippen LogP contribution in [0, 0.1) is 10.1 Å². The van der Waals surface area contributed by atoms with Crippen LogP contribution in [0.5, 0.6) is 0 Å². The summed E-state index contributed by atoms with van der Waals surface area (Å²) in [6.07, 6.45) is 1.06. The van der Waals surface area contributed by atoms with E-state index < -0.39 is 4.92 Å². The second-order valence-electron chi connectivity index (χ2n) is 3.88. The van der Waals surface area contributed by atoms with Gasteiger partial charge in [0.15, 0.2) is 5.78 Å². The van der Waals surface area contributed by atoms with E-state index >= 15 is 0 Å². The van der Waals surface area contributed by atoms with Crippen molar-refractivity contribution in [3.63, 3.8) is 0 Å². The standard InChI is InChI=1S/C15H11NO3/c17-15(13-9-5-2-6-10-13)11-14(16(18)19)12-7-3-1-4-8-12/h1-11H. The predicted molar refractivity (Wildman–Crippen MR) is 72.2 cm³/mol. The van der Waals surface area contributed by atoms with Gasteiger partial charge in [0.05, 0.1) is 16.6 Å². The molecular weight excluding hydrogens is 242 g/mol. The average molecular weight is 253 g/mol. The van der Waals surface area contributed by atoms with E-state index in [0.717, 1.165) is 6.08 Å². The zero-order chi connectivity index (χ0) is 13.7. The maximum atomic E-state index is 12.0. The largest absolute Gasteiger partial charge is 0.289 e. The Balaban J connectivity index is 2.38. The van der Waals surface area contributed by atoms with Crippen LogP contribution in [0.25, 0.3) is 5.70 Å². The molecule has 2 rings (SSSR count). The van der Waals surface area contributed by atoms with Crippen molar-refractivity contribution in [3.05, 3.63) is 88.0 Å². The van der Waals surface area contributed by atoms with Crippen LogP contribution < -0.4 is 0 Å². The molecule has 0 spiro atoms.